The monoisotopic (exact) mass is 360 g/mol. The summed E-state index contributed by atoms with van der Waals surface area (Å²) in [5, 5.41) is 3.30. The molecule has 1 aromatic heterocycles. The average molecular weight is 360 g/mol. The quantitative estimate of drug-likeness (QED) is 0.829. The highest BCUT2D eigenvalue weighted by Gasteiger charge is 2.24. The van der Waals surface area contributed by atoms with Crippen LogP contribution in [0.2, 0.25) is 0 Å². The number of amides is 2. The number of hydrogen-bond acceptors (Lipinski definition) is 5. The number of hydrogen-bond donors (Lipinski definition) is 2. The van der Waals surface area contributed by atoms with Crippen molar-refractivity contribution in [1.29, 1.82) is 0 Å². The topological polar surface area (TPSA) is 90.7 Å². The zero-order chi connectivity index (χ0) is 17.8. The molecule has 0 aliphatic heterocycles. The second kappa shape index (κ2) is 7.57. The summed E-state index contributed by atoms with van der Waals surface area (Å²) >= 11 is 1.44. The van der Waals surface area contributed by atoms with E-state index < -0.39 is 5.91 Å². The summed E-state index contributed by atoms with van der Waals surface area (Å²) in [6.07, 6.45) is 3.89. The van der Waals surface area contributed by atoms with Crippen molar-refractivity contribution in [2.45, 2.75) is 25.7 Å². The Balaban J connectivity index is 1.68. The number of ether oxygens (including phenoxy) is 2. The molecular weight excluding hydrogens is 340 g/mol. The molecule has 132 valence electrons. The Kier molecular flexibility index (Phi) is 5.23. The highest BCUT2D eigenvalue weighted by molar-refractivity contribution is 7.17. The van der Waals surface area contributed by atoms with Gasteiger partial charge in [0.15, 0.2) is 6.61 Å². The highest BCUT2D eigenvalue weighted by atomic mass is 32.1. The van der Waals surface area contributed by atoms with Crippen LogP contribution in [0.5, 0.6) is 11.5 Å². The lowest BCUT2D eigenvalue weighted by molar-refractivity contribution is -0.118. The third kappa shape index (κ3) is 3.93. The molecule has 2 aromatic rings. The van der Waals surface area contributed by atoms with Crippen LogP contribution in [-0.4, -0.2) is 25.5 Å². The first kappa shape index (κ1) is 17.3. The number of rotatable bonds is 6. The van der Waals surface area contributed by atoms with E-state index in [0.29, 0.717) is 22.1 Å². The van der Waals surface area contributed by atoms with Gasteiger partial charge in [0.1, 0.15) is 16.5 Å². The number of thiophene rings is 1. The van der Waals surface area contributed by atoms with Gasteiger partial charge < -0.3 is 20.5 Å². The van der Waals surface area contributed by atoms with E-state index >= 15 is 0 Å². The minimum atomic E-state index is -0.497. The van der Waals surface area contributed by atoms with Gasteiger partial charge in [-0.2, -0.15) is 0 Å². The lowest BCUT2D eigenvalue weighted by Crippen LogP contribution is -2.22. The number of primary amides is 1. The Bertz CT molecular complexity index is 800. The van der Waals surface area contributed by atoms with Gasteiger partial charge in [-0.3, -0.25) is 9.59 Å². The maximum Gasteiger partial charge on any atom is 0.262 e. The number of fused-ring (bicyclic) bond motifs is 1. The Labute approximate surface area is 149 Å². The van der Waals surface area contributed by atoms with Crippen LogP contribution in [-0.2, 0) is 17.6 Å². The molecule has 0 saturated carbocycles. The maximum atomic E-state index is 12.2. The molecule has 0 fully saturated rings. The van der Waals surface area contributed by atoms with Crippen LogP contribution in [0.3, 0.4) is 0 Å². The van der Waals surface area contributed by atoms with Crippen LogP contribution in [0.15, 0.2) is 24.3 Å². The normalized spacial score (nSPS) is 13.0. The largest absolute Gasteiger partial charge is 0.497 e. The Morgan fingerprint density at radius 1 is 1.24 bits per heavy atom. The van der Waals surface area contributed by atoms with Crippen molar-refractivity contribution in [3.05, 3.63) is 40.3 Å². The fourth-order valence-corrected chi connectivity index (χ4v) is 4.23. The van der Waals surface area contributed by atoms with Crippen molar-refractivity contribution in [2.75, 3.05) is 19.0 Å². The second-order valence-corrected chi connectivity index (χ2v) is 6.90. The summed E-state index contributed by atoms with van der Waals surface area (Å²) < 4.78 is 10.6. The SMILES string of the molecule is COc1cccc(OCC(=O)Nc2sc3c(c2C(N)=O)CCCC3)c1. The third-order valence-electron chi connectivity index (χ3n) is 4.08. The molecule has 0 bridgehead atoms. The van der Waals surface area contributed by atoms with Crippen molar-refractivity contribution in [3.63, 3.8) is 0 Å². The number of aryl methyl sites for hydroxylation is 1. The molecule has 0 saturated heterocycles. The van der Waals surface area contributed by atoms with Crippen LogP contribution in [0.1, 0.15) is 33.6 Å². The Morgan fingerprint density at radius 2 is 2.00 bits per heavy atom. The number of nitrogens with one attached hydrogen (secondary N) is 1. The average Bonchev–Trinajstić information content (AvgIpc) is 2.98. The standard InChI is InChI=1S/C18H20N2O4S/c1-23-11-5-4-6-12(9-11)24-10-15(21)20-18-16(17(19)22)13-7-2-3-8-14(13)25-18/h4-6,9H,2-3,7-8,10H2,1H3,(H2,19,22)(H,20,21). The van der Waals surface area contributed by atoms with E-state index in [0.717, 1.165) is 36.1 Å². The molecule has 6 nitrogen and oxygen atoms in total. The van der Waals surface area contributed by atoms with Gasteiger partial charge in [0.05, 0.1) is 12.7 Å². The van der Waals surface area contributed by atoms with E-state index in [4.69, 9.17) is 15.2 Å². The maximum absolute atomic E-state index is 12.2. The van der Waals surface area contributed by atoms with Crippen LogP contribution >= 0.6 is 11.3 Å². The van der Waals surface area contributed by atoms with E-state index in [2.05, 4.69) is 5.32 Å². The lowest BCUT2D eigenvalue weighted by Gasteiger charge is -2.11. The number of carbonyl (C=O) groups is 2. The molecule has 1 aromatic carbocycles. The van der Waals surface area contributed by atoms with Gasteiger partial charge in [-0.1, -0.05) is 6.07 Å². The molecule has 2 amide bonds. The van der Waals surface area contributed by atoms with E-state index in [1.807, 2.05) is 0 Å². The molecule has 25 heavy (non-hydrogen) atoms. The first-order chi connectivity index (χ1) is 12.1. The van der Waals surface area contributed by atoms with Crippen molar-refractivity contribution in [2.24, 2.45) is 5.73 Å². The molecule has 0 spiro atoms. The van der Waals surface area contributed by atoms with Gasteiger partial charge in [0.25, 0.3) is 11.8 Å². The summed E-state index contributed by atoms with van der Waals surface area (Å²) in [7, 11) is 1.57. The summed E-state index contributed by atoms with van der Waals surface area (Å²) in [6, 6.07) is 7.02. The van der Waals surface area contributed by atoms with Crippen molar-refractivity contribution in [1.82, 2.24) is 0 Å². The van der Waals surface area contributed by atoms with Crippen molar-refractivity contribution in [3.8, 4) is 11.5 Å². The Morgan fingerprint density at radius 3 is 2.76 bits per heavy atom. The summed E-state index contributed by atoms with van der Waals surface area (Å²) in [5.41, 5.74) is 6.97. The fraction of sp³-hybridized carbons (Fsp3) is 0.333. The van der Waals surface area contributed by atoms with Crippen LogP contribution in [0.25, 0.3) is 0 Å². The van der Waals surface area contributed by atoms with Gasteiger partial charge >= 0.3 is 0 Å². The van der Waals surface area contributed by atoms with E-state index in [-0.39, 0.29) is 12.5 Å². The second-order valence-electron chi connectivity index (χ2n) is 5.80. The van der Waals surface area contributed by atoms with E-state index in [1.54, 1.807) is 31.4 Å². The van der Waals surface area contributed by atoms with Gasteiger partial charge in [-0.15, -0.1) is 11.3 Å². The van der Waals surface area contributed by atoms with Gasteiger partial charge in [0.2, 0.25) is 0 Å². The van der Waals surface area contributed by atoms with Crippen LogP contribution in [0.4, 0.5) is 5.00 Å². The van der Waals surface area contributed by atoms with Crippen LogP contribution < -0.4 is 20.5 Å². The van der Waals surface area contributed by atoms with Crippen LogP contribution in [0, 0.1) is 0 Å². The number of benzene rings is 1. The minimum absolute atomic E-state index is 0.159. The predicted octanol–water partition coefficient (Wildman–Crippen LogP) is 2.75. The first-order valence-electron chi connectivity index (χ1n) is 8.09. The number of methoxy groups -OCH3 is 1. The first-order valence-corrected chi connectivity index (χ1v) is 8.91. The number of anilines is 1. The van der Waals surface area contributed by atoms with E-state index in [1.165, 1.54) is 11.3 Å². The molecule has 0 unspecified atom stereocenters. The predicted molar refractivity (Wildman–Crippen MR) is 96.6 cm³/mol. The molecule has 1 heterocycles. The lowest BCUT2D eigenvalue weighted by atomic mass is 9.95. The van der Waals surface area contributed by atoms with Gasteiger partial charge in [-0.05, 0) is 43.4 Å². The number of nitrogens with two attached hydrogens (primary N) is 1. The smallest absolute Gasteiger partial charge is 0.262 e. The molecular formula is C18H20N2O4S. The minimum Gasteiger partial charge on any atom is -0.497 e. The Hall–Kier alpha value is -2.54. The third-order valence-corrected chi connectivity index (χ3v) is 5.29. The fourth-order valence-electron chi connectivity index (χ4n) is 2.92. The molecule has 0 atom stereocenters. The molecule has 3 N–H and O–H groups in total. The zero-order valence-corrected chi connectivity index (χ0v) is 14.8. The summed E-state index contributed by atoms with van der Waals surface area (Å²) in [5.74, 6) is 0.363. The van der Waals surface area contributed by atoms with Crippen molar-refractivity contribution < 1.29 is 19.1 Å². The van der Waals surface area contributed by atoms with Crippen molar-refractivity contribution >= 4 is 28.2 Å². The molecule has 7 heteroatoms. The molecule has 1 aliphatic carbocycles. The molecule has 1 aliphatic rings. The molecule has 0 radical (unpaired) electrons. The van der Waals surface area contributed by atoms with E-state index in [9.17, 15) is 9.59 Å². The highest BCUT2D eigenvalue weighted by Crippen LogP contribution is 2.37. The van der Waals surface area contributed by atoms with Gasteiger partial charge in [0, 0.05) is 10.9 Å². The zero-order valence-electron chi connectivity index (χ0n) is 14.0. The number of carbonyl (C=O) groups excluding carboxylic acids is 2. The summed E-state index contributed by atoms with van der Waals surface area (Å²) in [6.45, 7) is -0.159. The van der Waals surface area contributed by atoms with Gasteiger partial charge in [-0.25, -0.2) is 0 Å². The summed E-state index contributed by atoms with van der Waals surface area (Å²) in [4.78, 5) is 25.2. The molecule has 3 rings (SSSR count).